The first-order chi connectivity index (χ1) is 14.6. The Morgan fingerprint density at radius 1 is 1.13 bits per heavy atom. The van der Waals surface area contributed by atoms with Gasteiger partial charge in [-0.1, -0.05) is 32.9 Å². The standard InChI is InChI=1S/C25H26F3N3/c1-16-10-20(14-24(2,3)13-16)31-22-9-6-18(15-29)11-21(22)30-23(31)12-17-4-7-19(8-5-17)25(26,27)28/h4-9,11,16,20H,10,12-14H2,1-3H3/t16-,20?/m0/s1. The lowest BCUT2D eigenvalue weighted by Gasteiger charge is -2.40. The minimum Gasteiger partial charge on any atom is -0.325 e. The Balaban J connectivity index is 1.77. The molecule has 1 fully saturated rings. The van der Waals surface area contributed by atoms with Crippen LogP contribution in [0.15, 0.2) is 42.5 Å². The average Bonchev–Trinajstić information content (AvgIpc) is 3.02. The number of halogens is 3. The van der Waals surface area contributed by atoms with Gasteiger partial charge in [-0.3, -0.25) is 0 Å². The van der Waals surface area contributed by atoms with E-state index in [2.05, 4.69) is 31.4 Å². The molecule has 4 rings (SSSR count). The molecule has 3 nitrogen and oxygen atoms in total. The van der Waals surface area contributed by atoms with Crippen molar-refractivity contribution in [3.05, 3.63) is 65.0 Å². The van der Waals surface area contributed by atoms with Gasteiger partial charge < -0.3 is 4.57 Å². The molecule has 1 saturated carbocycles. The summed E-state index contributed by atoms with van der Waals surface area (Å²) in [5.74, 6) is 1.41. The van der Waals surface area contributed by atoms with E-state index in [9.17, 15) is 18.4 Å². The molecule has 1 heterocycles. The van der Waals surface area contributed by atoms with Crippen molar-refractivity contribution < 1.29 is 13.2 Å². The number of fused-ring (bicyclic) bond motifs is 1. The largest absolute Gasteiger partial charge is 0.416 e. The van der Waals surface area contributed by atoms with Crippen molar-refractivity contribution in [1.82, 2.24) is 9.55 Å². The van der Waals surface area contributed by atoms with Crippen molar-refractivity contribution in [2.75, 3.05) is 0 Å². The molecule has 0 aliphatic heterocycles. The van der Waals surface area contributed by atoms with E-state index in [0.717, 1.165) is 47.4 Å². The number of hydrogen-bond acceptors (Lipinski definition) is 2. The fraction of sp³-hybridized carbons (Fsp3) is 0.440. The second-order valence-corrected chi connectivity index (χ2v) is 9.65. The predicted octanol–water partition coefficient (Wildman–Crippen LogP) is 6.90. The fourth-order valence-corrected chi connectivity index (χ4v) is 5.24. The number of imidazole rings is 1. The average molecular weight is 425 g/mol. The molecule has 0 amide bonds. The zero-order valence-corrected chi connectivity index (χ0v) is 18.0. The Kier molecular flexibility index (Phi) is 5.33. The van der Waals surface area contributed by atoms with E-state index in [1.165, 1.54) is 18.6 Å². The topological polar surface area (TPSA) is 41.6 Å². The van der Waals surface area contributed by atoms with Gasteiger partial charge >= 0.3 is 6.18 Å². The highest BCUT2D eigenvalue weighted by Crippen LogP contribution is 2.45. The van der Waals surface area contributed by atoms with E-state index in [-0.39, 0.29) is 11.5 Å². The van der Waals surface area contributed by atoms with Crippen molar-refractivity contribution in [1.29, 1.82) is 5.26 Å². The van der Waals surface area contributed by atoms with Crippen molar-refractivity contribution >= 4 is 11.0 Å². The van der Waals surface area contributed by atoms with Crippen molar-refractivity contribution in [2.45, 2.75) is 58.7 Å². The van der Waals surface area contributed by atoms with Gasteiger partial charge in [0.25, 0.3) is 0 Å². The zero-order valence-electron chi connectivity index (χ0n) is 18.0. The van der Waals surface area contributed by atoms with Gasteiger partial charge in [-0.05, 0) is 66.5 Å². The Morgan fingerprint density at radius 3 is 2.45 bits per heavy atom. The Morgan fingerprint density at radius 2 is 1.84 bits per heavy atom. The summed E-state index contributed by atoms with van der Waals surface area (Å²) in [4.78, 5) is 4.83. The van der Waals surface area contributed by atoms with Crippen LogP contribution in [0.2, 0.25) is 0 Å². The van der Waals surface area contributed by atoms with Crippen LogP contribution in [0.5, 0.6) is 0 Å². The van der Waals surface area contributed by atoms with E-state index in [4.69, 9.17) is 4.98 Å². The van der Waals surface area contributed by atoms with Gasteiger partial charge in [-0.25, -0.2) is 4.98 Å². The number of nitrogens with zero attached hydrogens (tertiary/aromatic N) is 3. The molecule has 0 N–H and O–H groups in total. The molecule has 1 aliphatic rings. The summed E-state index contributed by atoms with van der Waals surface area (Å²) >= 11 is 0. The molecule has 0 bridgehead atoms. The molecule has 1 aliphatic carbocycles. The van der Waals surface area contributed by atoms with Gasteiger partial charge in [-0.2, -0.15) is 18.4 Å². The van der Waals surface area contributed by atoms with E-state index in [0.29, 0.717) is 17.9 Å². The van der Waals surface area contributed by atoms with E-state index >= 15 is 0 Å². The number of rotatable bonds is 3. The lowest BCUT2D eigenvalue weighted by atomic mass is 9.70. The lowest BCUT2D eigenvalue weighted by Crippen LogP contribution is -2.30. The number of alkyl halides is 3. The third kappa shape index (κ3) is 4.46. The molecule has 1 unspecified atom stereocenters. The summed E-state index contributed by atoms with van der Waals surface area (Å²) in [5.41, 5.74) is 2.64. The van der Waals surface area contributed by atoms with E-state index < -0.39 is 11.7 Å². The highest BCUT2D eigenvalue weighted by Gasteiger charge is 2.34. The van der Waals surface area contributed by atoms with Crippen molar-refractivity contribution in [3.8, 4) is 6.07 Å². The predicted molar refractivity (Wildman–Crippen MR) is 115 cm³/mol. The molecular formula is C25H26F3N3. The van der Waals surface area contributed by atoms with Gasteiger partial charge in [0, 0.05) is 12.5 Å². The van der Waals surface area contributed by atoms with Crippen LogP contribution in [0.1, 0.15) is 68.6 Å². The summed E-state index contributed by atoms with van der Waals surface area (Å²) in [6.07, 6.45) is -0.677. The van der Waals surface area contributed by atoms with Gasteiger partial charge in [-0.15, -0.1) is 0 Å². The lowest BCUT2D eigenvalue weighted by molar-refractivity contribution is -0.137. The normalized spacial score (nSPS) is 21.2. The number of benzene rings is 2. The molecule has 1 aromatic heterocycles. The number of aromatic nitrogens is 2. The maximum absolute atomic E-state index is 12.9. The molecular weight excluding hydrogens is 399 g/mol. The third-order valence-electron chi connectivity index (χ3n) is 6.26. The third-order valence-corrected chi connectivity index (χ3v) is 6.26. The minimum atomic E-state index is -4.34. The van der Waals surface area contributed by atoms with Crippen LogP contribution in [-0.4, -0.2) is 9.55 Å². The number of hydrogen-bond donors (Lipinski definition) is 0. The molecule has 0 saturated heterocycles. The SMILES string of the molecule is C[C@H]1CC(n2c(Cc3ccc(C(F)(F)F)cc3)nc3cc(C#N)ccc32)CC(C)(C)C1. The summed E-state index contributed by atoms with van der Waals surface area (Å²) in [6, 6.07) is 13.3. The first-order valence-corrected chi connectivity index (χ1v) is 10.6. The monoisotopic (exact) mass is 425 g/mol. The summed E-state index contributed by atoms with van der Waals surface area (Å²) in [6.45, 7) is 6.85. The first-order valence-electron chi connectivity index (χ1n) is 10.6. The summed E-state index contributed by atoms with van der Waals surface area (Å²) in [5, 5.41) is 9.28. The highest BCUT2D eigenvalue weighted by atomic mass is 19.4. The van der Waals surface area contributed by atoms with Crippen LogP contribution in [-0.2, 0) is 12.6 Å². The fourth-order valence-electron chi connectivity index (χ4n) is 5.24. The highest BCUT2D eigenvalue weighted by molar-refractivity contribution is 5.78. The first kappa shape index (κ1) is 21.4. The number of nitriles is 1. The summed E-state index contributed by atoms with van der Waals surface area (Å²) < 4.78 is 41.1. The van der Waals surface area contributed by atoms with Gasteiger partial charge in [0.2, 0.25) is 0 Å². The van der Waals surface area contributed by atoms with Crippen LogP contribution in [0.25, 0.3) is 11.0 Å². The molecule has 6 heteroatoms. The van der Waals surface area contributed by atoms with Crippen molar-refractivity contribution in [3.63, 3.8) is 0 Å². The second-order valence-electron chi connectivity index (χ2n) is 9.65. The van der Waals surface area contributed by atoms with Crippen LogP contribution >= 0.6 is 0 Å². The molecule has 31 heavy (non-hydrogen) atoms. The molecule has 0 spiro atoms. The Hall–Kier alpha value is -2.81. The maximum atomic E-state index is 12.9. The van der Waals surface area contributed by atoms with Crippen molar-refractivity contribution in [2.24, 2.45) is 11.3 Å². The van der Waals surface area contributed by atoms with Crippen LogP contribution in [0.4, 0.5) is 13.2 Å². The summed E-state index contributed by atoms with van der Waals surface area (Å²) in [7, 11) is 0. The Bertz CT molecular complexity index is 1130. The van der Waals surface area contributed by atoms with Gasteiger partial charge in [0.1, 0.15) is 5.82 Å². The molecule has 2 atom stereocenters. The van der Waals surface area contributed by atoms with Crippen LogP contribution in [0, 0.1) is 22.7 Å². The molecule has 0 radical (unpaired) electrons. The molecule has 162 valence electrons. The quantitative estimate of drug-likeness (QED) is 0.458. The van der Waals surface area contributed by atoms with Crippen LogP contribution in [0.3, 0.4) is 0 Å². The second kappa shape index (κ2) is 7.71. The van der Waals surface area contributed by atoms with Gasteiger partial charge in [0.05, 0.1) is 28.2 Å². The molecule has 3 aromatic rings. The van der Waals surface area contributed by atoms with E-state index in [1.807, 2.05) is 6.07 Å². The van der Waals surface area contributed by atoms with Gasteiger partial charge in [0.15, 0.2) is 0 Å². The Labute approximate surface area is 180 Å². The van der Waals surface area contributed by atoms with E-state index in [1.54, 1.807) is 12.1 Å². The smallest absolute Gasteiger partial charge is 0.325 e. The maximum Gasteiger partial charge on any atom is 0.416 e. The zero-order chi connectivity index (χ0) is 22.4. The molecule has 2 aromatic carbocycles. The minimum absolute atomic E-state index is 0.206. The van der Waals surface area contributed by atoms with Crippen LogP contribution < -0.4 is 0 Å².